The molecule has 0 atom stereocenters. The van der Waals surface area contributed by atoms with Gasteiger partial charge in [0.05, 0.1) is 40.5 Å². The van der Waals surface area contributed by atoms with Gasteiger partial charge in [0.2, 0.25) is 5.91 Å². The van der Waals surface area contributed by atoms with Crippen LogP contribution in [-0.2, 0) is 14.8 Å². The Morgan fingerprint density at radius 2 is 1.53 bits per heavy atom. The summed E-state index contributed by atoms with van der Waals surface area (Å²) >= 11 is 12.3. The van der Waals surface area contributed by atoms with Gasteiger partial charge in [-0.15, -0.1) is 0 Å². The molecule has 0 aliphatic rings. The van der Waals surface area contributed by atoms with Gasteiger partial charge >= 0.3 is 0 Å². The van der Waals surface area contributed by atoms with E-state index in [2.05, 4.69) is 5.32 Å². The molecule has 1 amide bonds. The molecule has 0 aliphatic heterocycles. The summed E-state index contributed by atoms with van der Waals surface area (Å²) in [5.41, 5.74) is 0.397. The lowest BCUT2D eigenvalue weighted by Gasteiger charge is -2.25. The molecule has 32 heavy (non-hydrogen) atoms. The number of carbonyl (C=O) groups excluding carboxylic acids is 1. The van der Waals surface area contributed by atoms with Crippen molar-refractivity contribution in [2.75, 3.05) is 30.4 Å². The van der Waals surface area contributed by atoms with E-state index in [0.29, 0.717) is 5.75 Å². The zero-order chi connectivity index (χ0) is 23.3. The molecular weight excluding hydrogens is 475 g/mol. The molecule has 0 heterocycles. The SMILES string of the molecule is COc1ccc(S(=O)(=O)N(CC(=O)Nc2c(Cl)cccc2Cl)c2ccccc2OC)cc1. The molecule has 0 fully saturated rings. The molecule has 10 heteroatoms. The highest BCUT2D eigenvalue weighted by Gasteiger charge is 2.29. The Hall–Kier alpha value is -2.94. The van der Waals surface area contributed by atoms with E-state index >= 15 is 0 Å². The molecule has 7 nitrogen and oxygen atoms in total. The summed E-state index contributed by atoms with van der Waals surface area (Å²) in [5.74, 6) is 0.148. The van der Waals surface area contributed by atoms with Gasteiger partial charge in [0, 0.05) is 0 Å². The zero-order valence-electron chi connectivity index (χ0n) is 17.2. The van der Waals surface area contributed by atoms with Crippen molar-refractivity contribution in [1.29, 1.82) is 0 Å². The predicted octanol–water partition coefficient (Wildman–Crippen LogP) is 4.84. The van der Waals surface area contributed by atoms with Crippen LogP contribution in [0.2, 0.25) is 10.0 Å². The van der Waals surface area contributed by atoms with Gasteiger partial charge in [-0.2, -0.15) is 0 Å². The van der Waals surface area contributed by atoms with Crippen LogP contribution in [0.15, 0.2) is 71.6 Å². The van der Waals surface area contributed by atoms with E-state index in [-0.39, 0.29) is 32.1 Å². The molecular formula is C22H20Cl2N2O5S. The molecule has 0 saturated heterocycles. The smallest absolute Gasteiger partial charge is 0.264 e. The fraction of sp³-hybridized carbons (Fsp3) is 0.136. The summed E-state index contributed by atoms with van der Waals surface area (Å²) < 4.78 is 38.4. The van der Waals surface area contributed by atoms with Gasteiger partial charge in [0.25, 0.3) is 10.0 Å². The minimum Gasteiger partial charge on any atom is -0.497 e. The summed E-state index contributed by atoms with van der Waals surface area (Å²) in [4.78, 5) is 12.9. The van der Waals surface area contributed by atoms with Gasteiger partial charge in [0.1, 0.15) is 18.0 Å². The van der Waals surface area contributed by atoms with Crippen LogP contribution in [0, 0.1) is 0 Å². The maximum absolute atomic E-state index is 13.5. The van der Waals surface area contributed by atoms with Gasteiger partial charge < -0.3 is 14.8 Å². The maximum Gasteiger partial charge on any atom is 0.264 e. The van der Waals surface area contributed by atoms with Crippen molar-refractivity contribution in [2.24, 2.45) is 0 Å². The lowest BCUT2D eigenvalue weighted by atomic mass is 10.3. The normalized spacial score (nSPS) is 11.0. The lowest BCUT2D eigenvalue weighted by Crippen LogP contribution is -2.38. The van der Waals surface area contributed by atoms with E-state index in [9.17, 15) is 13.2 Å². The van der Waals surface area contributed by atoms with Crippen LogP contribution in [0.5, 0.6) is 11.5 Å². The number of carbonyl (C=O) groups is 1. The van der Waals surface area contributed by atoms with Gasteiger partial charge in [-0.3, -0.25) is 9.10 Å². The first kappa shape index (κ1) is 23.7. The first-order chi connectivity index (χ1) is 15.3. The van der Waals surface area contributed by atoms with Crippen LogP contribution in [0.25, 0.3) is 0 Å². The Labute approximate surface area is 196 Å². The molecule has 0 unspecified atom stereocenters. The van der Waals surface area contributed by atoms with E-state index in [0.717, 1.165) is 4.31 Å². The maximum atomic E-state index is 13.5. The number of amides is 1. The number of halogens is 2. The number of methoxy groups -OCH3 is 2. The molecule has 1 N–H and O–H groups in total. The molecule has 3 rings (SSSR count). The van der Waals surface area contributed by atoms with E-state index in [1.54, 1.807) is 42.5 Å². The third-order valence-electron chi connectivity index (χ3n) is 4.52. The molecule has 168 valence electrons. The fourth-order valence-corrected chi connectivity index (χ4v) is 4.86. The van der Waals surface area contributed by atoms with Crippen molar-refractivity contribution in [3.63, 3.8) is 0 Å². The van der Waals surface area contributed by atoms with Crippen molar-refractivity contribution in [1.82, 2.24) is 0 Å². The molecule has 0 bridgehead atoms. The minimum absolute atomic E-state index is 0.0206. The minimum atomic E-state index is -4.15. The van der Waals surface area contributed by atoms with Crippen molar-refractivity contribution in [3.05, 3.63) is 76.8 Å². The zero-order valence-corrected chi connectivity index (χ0v) is 19.5. The van der Waals surface area contributed by atoms with Crippen molar-refractivity contribution in [2.45, 2.75) is 4.90 Å². The largest absolute Gasteiger partial charge is 0.497 e. The second-order valence-corrected chi connectivity index (χ2v) is 9.18. The Balaban J connectivity index is 2.02. The number of para-hydroxylation sites is 3. The highest BCUT2D eigenvalue weighted by Crippen LogP contribution is 2.33. The topological polar surface area (TPSA) is 84.9 Å². The fourth-order valence-electron chi connectivity index (χ4n) is 2.94. The quantitative estimate of drug-likeness (QED) is 0.483. The Kier molecular flexibility index (Phi) is 7.50. The van der Waals surface area contributed by atoms with Crippen LogP contribution in [0.1, 0.15) is 0 Å². The number of hydrogen-bond donors (Lipinski definition) is 1. The number of hydrogen-bond acceptors (Lipinski definition) is 5. The number of sulfonamides is 1. The highest BCUT2D eigenvalue weighted by atomic mass is 35.5. The number of nitrogens with one attached hydrogen (secondary N) is 1. The average molecular weight is 495 g/mol. The molecule has 3 aromatic carbocycles. The van der Waals surface area contributed by atoms with Gasteiger partial charge in [-0.05, 0) is 48.5 Å². The lowest BCUT2D eigenvalue weighted by molar-refractivity contribution is -0.114. The molecule has 0 radical (unpaired) electrons. The first-order valence-corrected chi connectivity index (χ1v) is 11.5. The Morgan fingerprint density at radius 3 is 2.12 bits per heavy atom. The number of rotatable bonds is 8. The third-order valence-corrected chi connectivity index (χ3v) is 6.92. The van der Waals surface area contributed by atoms with E-state index in [4.69, 9.17) is 32.7 Å². The molecule has 0 spiro atoms. The standard InChI is InChI=1S/C22H20Cl2N2O5S/c1-30-15-10-12-16(13-11-15)32(28,29)26(19-8-3-4-9-20(19)31-2)14-21(27)25-22-17(23)6-5-7-18(22)24/h3-13H,14H2,1-2H3,(H,25,27). The Morgan fingerprint density at radius 1 is 0.906 bits per heavy atom. The molecule has 3 aromatic rings. The summed E-state index contributed by atoms with van der Waals surface area (Å²) in [6, 6.07) is 17.1. The van der Waals surface area contributed by atoms with Crippen LogP contribution in [0.3, 0.4) is 0 Å². The molecule has 0 aliphatic carbocycles. The predicted molar refractivity (Wildman–Crippen MR) is 126 cm³/mol. The van der Waals surface area contributed by atoms with Crippen LogP contribution < -0.4 is 19.1 Å². The van der Waals surface area contributed by atoms with E-state index in [1.807, 2.05) is 0 Å². The third kappa shape index (κ3) is 5.09. The average Bonchev–Trinajstić information content (AvgIpc) is 2.80. The summed E-state index contributed by atoms with van der Waals surface area (Å²) in [6.07, 6.45) is 0. The summed E-state index contributed by atoms with van der Waals surface area (Å²) in [5, 5.41) is 3.05. The first-order valence-electron chi connectivity index (χ1n) is 9.31. The highest BCUT2D eigenvalue weighted by molar-refractivity contribution is 7.92. The van der Waals surface area contributed by atoms with Crippen LogP contribution >= 0.6 is 23.2 Å². The number of nitrogens with zero attached hydrogens (tertiary/aromatic N) is 1. The summed E-state index contributed by atoms with van der Waals surface area (Å²) in [7, 11) is -1.25. The van der Waals surface area contributed by atoms with Gasteiger partial charge in [0.15, 0.2) is 0 Å². The van der Waals surface area contributed by atoms with E-state index in [1.165, 1.54) is 38.5 Å². The van der Waals surface area contributed by atoms with Crippen molar-refractivity contribution >= 4 is 50.5 Å². The van der Waals surface area contributed by atoms with Crippen molar-refractivity contribution in [3.8, 4) is 11.5 Å². The van der Waals surface area contributed by atoms with Crippen LogP contribution in [-0.4, -0.2) is 35.1 Å². The monoisotopic (exact) mass is 494 g/mol. The molecule has 0 aromatic heterocycles. The second-order valence-electron chi connectivity index (χ2n) is 6.50. The number of anilines is 2. The number of ether oxygens (including phenoxy) is 2. The van der Waals surface area contributed by atoms with E-state index < -0.39 is 22.5 Å². The summed E-state index contributed by atoms with van der Waals surface area (Å²) in [6.45, 7) is -0.545. The Bertz CT molecular complexity index is 1200. The second kappa shape index (κ2) is 10.1. The van der Waals surface area contributed by atoms with Crippen LogP contribution in [0.4, 0.5) is 11.4 Å². The van der Waals surface area contributed by atoms with Crippen molar-refractivity contribution < 1.29 is 22.7 Å². The number of benzene rings is 3. The van der Waals surface area contributed by atoms with Gasteiger partial charge in [-0.25, -0.2) is 8.42 Å². The van der Waals surface area contributed by atoms with Gasteiger partial charge in [-0.1, -0.05) is 41.4 Å². The molecule has 0 saturated carbocycles.